The monoisotopic (exact) mass is 224 g/mol. The molecule has 0 radical (unpaired) electrons. The zero-order valence-corrected chi connectivity index (χ0v) is 12.0. The summed E-state index contributed by atoms with van der Waals surface area (Å²) in [5.41, 5.74) is 2.80. The molecule has 1 fully saturated rings. The molecule has 1 saturated heterocycles. The van der Waals surface area contributed by atoms with Crippen molar-refractivity contribution in [1.29, 1.82) is 0 Å². The van der Waals surface area contributed by atoms with E-state index < -0.39 is 0 Å². The summed E-state index contributed by atoms with van der Waals surface area (Å²) >= 11 is 0. The fraction of sp³-hybridized carbons (Fsp3) is 0.357. The summed E-state index contributed by atoms with van der Waals surface area (Å²) in [6, 6.07) is 8.49. The van der Waals surface area contributed by atoms with Crippen molar-refractivity contribution >= 4 is 6.08 Å². The van der Waals surface area contributed by atoms with Crippen LogP contribution in [0.1, 0.15) is 24.0 Å². The van der Waals surface area contributed by atoms with Crippen molar-refractivity contribution in [2.45, 2.75) is 19.3 Å². The van der Waals surface area contributed by atoms with Gasteiger partial charge in [-0.2, -0.15) is 0 Å². The fourth-order valence-corrected chi connectivity index (χ4v) is 1.76. The van der Waals surface area contributed by atoms with Gasteiger partial charge in [0.2, 0.25) is 0 Å². The molecule has 1 aliphatic heterocycles. The van der Waals surface area contributed by atoms with Gasteiger partial charge in [-0.05, 0) is 12.8 Å². The largest absolute Gasteiger partial charge is 1.00 e. The fourth-order valence-electron chi connectivity index (χ4n) is 1.76. The van der Waals surface area contributed by atoms with Gasteiger partial charge in [0, 0.05) is 13.2 Å². The molecule has 2 heteroatoms. The first-order valence-corrected chi connectivity index (χ1v) is 5.62. The van der Waals surface area contributed by atoms with E-state index in [0.717, 1.165) is 19.6 Å². The van der Waals surface area contributed by atoms with Gasteiger partial charge in [-0.15, -0.1) is 5.56 Å². The number of benzene rings is 1. The average Bonchev–Trinajstić information content (AvgIpc) is 2.88. The van der Waals surface area contributed by atoms with E-state index in [-0.39, 0.29) is 29.6 Å². The maximum atomic E-state index is 4.94. The minimum Gasteiger partial charge on any atom is -0.381 e. The first kappa shape index (κ1) is 13.9. The smallest absolute Gasteiger partial charge is 0.381 e. The van der Waals surface area contributed by atoms with Crippen molar-refractivity contribution < 1.29 is 34.3 Å². The normalized spacial score (nSPS) is 16.2. The van der Waals surface area contributed by atoms with Gasteiger partial charge in [0.15, 0.2) is 0 Å². The Morgan fingerprint density at radius 1 is 1.06 bits per heavy atom. The van der Waals surface area contributed by atoms with Gasteiger partial charge in [0.1, 0.15) is 0 Å². The molecular formula is C14H17NaO. The second-order valence-electron chi connectivity index (χ2n) is 3.82. The van der Waals surface area contributed by atoms with E-state index in [0.29, 0.717) is 0 Å². The molecule has 0 unspecified atom stereocenters. The number of allylic oxidation sites excluding steroid dienone is 1. The number of fused-ring (bicyclic) bond motifs is 1. The molecule has 1 aliphatic carbocycles. The van der Waals surface area contributed by atoms with Gasteiger partial charge in [-0.1, -0.05) is 36.2 Å². The van der Waals surface area contributed by atoms with Crippen LogP contribution in [-0.4, -0.2) is 13.2 Å². The molecule has 2 aliphatic rings. The predicted octanol–water partition coefficient (Wildman–Crippen LogP) is 0.261. The minimum absolute atomic E-state index is 0. The van der Waals surface area contributed by atoms with E-state index in [2.05, 4.69) is 42.8 Å². The van der Waals surface area contributed by atoms with Crippen LogP contribution in [0.5, 0.6) is 0 Å². The third-order valence-corrected chi connectivity index (χ3v) is 2.63. The molecule has 0 amide bonds. The van der Waals surface area contributed by atoms with E-state index in [4.69, 9.17) is 4.74 Å². The molecule has 1 aromatic carbocycles. The molecule has 1 aromatic rings. The maximum Gasteiger partial charge on any atom is 1.00 e. The first-order valence-electron chi connectivity index (χ1n) is 5.62. The number of hydrogen-bond donors (Lipinski definition) is 0. The second kappa shape index (κ2) is 7.97. The molecule has 0 spiro atoms. The van der Waals surface area contributed by atoms with Gasteiger partial charge in [-0.25, -0.2) is 18.6 Å². The standard InChI is InChI=1S/C10H9.C4H8O.Na/c1-2-6-10-8-4-3-7-9(10)5-1;1-2-4-5-3-1;/h1-7H,8H2;1-4H2;/q-1;;+1. The summed E-state index contributed by atoms with van der Waals surface area (Å²) in [4.78, 5) is 0. The Morgan fingerprint density at radius 3 is 2.44 bits per heavy atom. The van der Waals surface area contributed by atoms with Crippen LogP contribution in [-0.2, 0) is 11.2 Å². The predicted molar refractivity (Wildman–Crippen MR) is 63.5 cm³/mol. The SMILES string of the molecule is C1=Cc2ccccc2C[CH-]1.C1CCOC1.[Na+]. The van der Waals surface area contributed by atoms with Crippen LogP contribution in [0.3, 0.4) is 0 Å². The molecule has 0 N–H and O–H groups in total. The third kappa shape index (κ3) is 4.34. The molecule has 0 aromatic heterocycles. The van der Waals surface area contributed by atoms with Crippen molar-refractivity contribution in [2.75, 3.05) is 13.2 Å². The van der Waals surface area contributed by atoms with Crippen LogP contribution in [0.2, 0.25) is 0 Å². The maximum absolute atomic E-state index is 4.94. The molecule has 0 saturated carbocycles. The minimum atomic E-state index is 0. The van der Waals surface area contributed by atoms with Crippen LogP contribution < -0.4 is 29.6 Å². The molecule has 80 valence electrons. The summed E-state index contributed by atoms with van der Waals surface area (Å²) in [5, 5.41) is 0. The summed E-state index contributed by atoms with van der Waals surface area (Å²) in [6.45, 7) is 2.00. The van der Waals surface area contributed by atoms with Gasteiger partial charge < -0.3 is 4.74 Å². The van der Waals surface area contributed by atoms with Crippen molar-refractivity contribution in [1.82, 2.24) is 0 Å². The Morgan fingerprint density at radius 2 is 1.81 bits per heavy atom. The van der Waals surface area contributed by atoms with Crippen molar-refractivity contribution in [3.05, 3.63) is 47.9 Å². The van der Waals surface area contributed by atoms with E-state index in [1.54, 1.807) is 0 Å². The number of hydrogen-bond acceptors (Lipinski definition) is 1. The summed E-state index contributed by atoms with van der Waals surface area (Å²) in [5.74, 6) is 0. The van der Waals surface area contributed by atoms with E-state index >= 15 is 0 Å². The Kier molecular flexibility index (Phi) is 6.90. The van der Waals surface area contributed by atoms with Crippen molar-refractivity contribution in [3.8, 4) is 0 Å². The van der Waals surface area contributed by atoms with Gasteiger partial charge in [0.05, 0.1) is 0 Å². The Hall–Kier alpha value is -0.210. The first-order chi connectivity index (χ1) is 7.47. The van der Waals surface area contributed by atoms with Crippen LogP contribution in [0, 0.1) is 6.42 Å². The quantitative estimate of drug-likeness (QED) is 0.454. The zero-order chi connectivity index (χ0) is 10.3. The molecule has 16 heavy (non-hydrogen) atoms. The zero-order valence-electron chi connectivity index (χ0n) is 9.99. The molecule has 0 atom stereocenters. The van der Waals surface area contributed by atoms with Gasteiger partial charge >= 0.3 is 29.6 Å². The molecule has 1 nitrogen and oxygen atoms in total. The van der Waals surface area contributed by atoms with Crippen molar-refractivity contribution in [3.63, 3.8) is 0 Å². The molecule has 3 rings (SSSR count). The number of rotatable bonds is 0. The Balaban J connectivity index is 0.000000183. The van der Waals surface area contributed by atoms with Crippen LogP contribution in [0.15, 0.2) is 30.3 Å². The Labute approximate surface area is 120 Å². The van der Waals surface area contributed by atoms with Crippen LogP contribution in [0.25, 0.3) is 6.08 Å². The Bertz CT molecular complexity index is 322. The van der Waals surface area contributed by atoms with E-state index in [9.17, 15) is 0 Å². The molecular weight excluding hydrogens is 207 g/mol. The summed E-state index contributed by atoms with van der Waals surface area (Å²) in [7, 11) is 0. The average molecular weight is 224 g/mol. The van der Waals surface area contributed by atoms with Crippen LogP contribution in [0.4, 0.5) is 0 Å². The van der Waals surface area contributed by atoms with Gasteiger partial charge in [-0.3, -0.25) is 0 Å². The third-order valence-electron chi connectivity index (χ3n) is 2.63. The summed E-state index contributed by atoms with van der Waals surface area (Å²) < 4.78 is 4.94. The molecule has 1 heterocycles. The van der Waals surface area contributed by atoms with E-state index in [1.165, 1.54) is 24.0 Å². The molecule has 0 bridgehead atoms. The summed E-state index contributed by atoms with van der Waals surface area (Å²) in [6.07, 6.45) is 10.1. The number of ether oxygens (including phenoxy) is 1. The second-order valence-corrected chi connectivity index (χ2v) is 3.82. The topological polar surface area (TPSA) is 9.23 Å². The van der Waals surface area contributed by atoms with Crippen molar-refractivity contribution in [2.24, 2.45) is 0 Å². The van der Waals surface area contributed by atoms with Crippen LogP contribution >= 0.6 is 0 Å². The van der Waals surface area contributed by atoms with E-state index in [1.807, 2.05) is 0 Å². The van der Waals surface area contributed by atoms with Gasteiger partial charge in [0.25, 0.3) is 0 Å².